The van der Waals surface area contributed by atoms with Crippen molar-refractivity contribution in [2.24, 2.45) is 5.10 Å². The number of nitrogens with zero attached hydrogens (tertiary/aromatic N) is 1. The van der Waals surface area contributed by atoms with E-state index in [2.05, 4.69) is 10.5 Å². The van der Waals surface area contributed by atoms with Gasteiger partial charge in [-0.25, -0.2) is 0 Å². The molecular weight excluding hydrogens is 263 g/mol. The zero-order valence-corrected chi connectivity index (χ0v) is 8.73. The molecule has 0 unspecified atom stereocenters. The minimum Gasteiger partial charge on any atom is -0.278 e. The number of allylic oxidation sites excluding steroid dienone is 1. The third-order valence-corrected chi connectivity index (χ3v) is 1.58. The molecule has 3 heteroatoms. The highest BCUT2D eigenvalue weighted by Gasteiger charge is 1.96. The van der Waals surface area contributed by atoms with Gasteiger partial charge in [-0.2, -0.15) is 5.10 Å². The van der Waals surface area contributed by atoms with Gasteiger partial charge in [0.15, 0.2) is 0 Å². The Morgan fingerprint density at radius 3 is 2.92 bits per heavy atom. The maximum Gasteiger partial charge on any atom is 0.0634 e. The van der Waals surface area contributed by atoms with Gasteiger partial charge in [0, 0.05) is 6.21 Å². The Hall–Kier alpha value is -0.840. The highest BCUT2D eigenvalue weighted by Crippen LogP contribution is 2.17. The van der Waals surface area contributed by atoms with Crippen molar-refractivity contribution in [2.45, 2.75) is 0 Å². The van der Waals surface area contributed by atoms with Crippen molar-refractivity contribution < 1.29 is 0 Å². The highest BCUT2D eigenvalue weighted by atomic mass is 127. The van der Waals surface area contributed by atoms with E-state index < -0.39 is 0 Å². The number of anilines is 1. The first kappa shape index (κ1) is 9.25. The molecule has 1 heterocycles. The number of rotatable bonds is 0. The van der Waals surface area contributed by atoms with Gasteiger partial charge in [0.25, 0.3) is 0 Å². The van der Waals surface area contributed by atoms with Crippen LogP contribution in [0.2, 0.25) is 0 Å². The molecule has 1 aliphatic rings. The van der Waals surface area contributed by atoms with E-state index in [4.69, 9.17) is 0 Å². The monoisotopic (exact) mass is 272 g/mol. The summed E-state index contributed by atoms with van der Waals surface area (Å²) in [7, 11) is 0. The Labute approximate surface area is 88.4 Å². The van der Waals surface area contributed by atoms with Crippen LogP contribution in [0.25, 0.3) is 6.08 Å². The van der Waals surface area contributed by atoms with E-state index in [-0.39, 0.29) is 24.0 Å². The average molecular weight is 272 g/mol. The predicted molar refractivity (Wildman–Crippen MR) is 63.0 cm³/mol. The number of nitrogens with one attached hydrogen (secondary N) is 1. The minimum absolute atomic E-state index is 0. The zero-order valence-electron chi connectivity index (χ0n) is 6.40. The van der Waals surface area contributed by atoms with E-state index in [1.54, 1.807) is 6.21 Å². The van der Waals surface area contributed by atoms with E-state index in [0.717, 1.165) is 5.69 Å². The normalized spacial score (nSPS) is 12.3. The van der Waals surface area contributed by atoms with Crippen molar-refractivity contribution in [1.29, 1.82) is 0 Å². The standard InChI is InChI=1S/C9H8N2.HI/c1-2-6-9-8(4-1)5-3-7-10-11-9;/h1-7,11H;1H. The third-order valence-electron chi connectivity index (χ3n) is 1.58. The third kappa shape index (κ3) is 1.85. The van der Waals surface area contributed by atoms with Gasteiger partial charge in [-0.3, -0.25) is 5.43 Å². The number of hydrazone groups is 1. The number of halogens is 1. The largest absolute Gasteiger partial charge is 0.278 e. The van der Waals surface area contributed by atoms with E-state index in [1.807, 2.05) is 36.4 Å². The number of para-hydroxylation sites is 1. The summed E-state index contributed by atoms with van der Waals surface area (Å²) in [5.74, 6) is 0. The van der Waals surface area contributed by atoms with Gasteiger partial charge in [0.05, 0.1) is 5.69 Å². The van der Waals surface area contributed by atoms with Crippen LogP contribution in [-0.2, 0) is 0 Å². The average Bonchev–Trinajstić information content (AvgIpc) is 2.28. The minimum atomic E-state index is 0. The van der Waals surface area contributed by atoms with Crippen LogP contribution < -0.4 is 5.43 Å². The molecule has 0 atom stereocenters. The summed E-state index contributed by atoms with van der Waals surface area (Å²) in [6.45, 7) is 0. The molecule has 1 aliphatic heterocycles. The van der Waals surface area contributed by atoms with Crippen molar-refractivity contribution in [2.75, 3.05) is 5.43 Å². The smallest absolute Gasteiger partial charge is 0.0634 e. The Balaban J connectivity index is 0.000000720. The van der Waals surface area contributed by atoms with Gasteiger partial charge >= 0.3 is 0 Å². The predicted octanol–water partition coefficient (Wildman–Crippen LogP) is 2.73. The van der Waals surface area contributed by atoms with Gasteiger partial charge in [-0.15, -0.1) is 24.0 Å². The topological polar surface area (TPSA) is 24.4 Å². The van der Waals surface area contributed by atoms with E-state index in [9.17, 15) is 0 Å². The second-order valence-electron chi connectivity index (χ2n) is 2.34. The summed E-state index contributed by atoms with van der Waals surface area (Å²) < 4.78 is 0. The molecule has 12 heavy (non-hydrogen) atoms. The van der Waals surface area contributed by atoms with Gasteiger partial charge in [-0.05, 0) is 17.7 Å². The zero-order chi connectivity index (χ0) is 7.52. The quantitative estimate of drug-likeness (QED) is 0.721. The molecule has 0 spiro atoms. The fraction of sp³-hybridized carbons (Fsp3) is 0. The summed E-state index contributed by atoms with van der Waals surface area (Å²) >= 11 is 0. The maximum atomic E-state index is 3.95. The van der Waals surface area contributed by atoms with Crippen LogP contribution in [0, 0.1) is 0 Å². The molecule has 1 aromatic rings. The van der Waals surface area contributed by atoms with Crippen molar-refractivity contribution >= 4 is 42.0 Å². The lowest BCUT2D eigenvalue weighted by molar-refractivity contribution is 1.36. The number of fused-ring (bicyclic) bond motifs is 1. The SMILES string of the molecule is C1=Cc2ccccc2NN=C1.I. The molecule has 2 nitrogen and oxygen atoms in total. The van der Waals surface area contributed by atoms with E-state index in [0.29, 0.717) is 0 Å². The van der Waals surface area contributed by atoms with Gasteiger partial charge < -0.3 is 0 Å². The fourth-order valence-electron chi connectivity index (χ4n) is 1.04. The molecule has 0 aromatic heterocycles. The van der Waals surface area contributed by atoms with Crippen molar-refractivity contribution in [3.8, 4) is 0 Å². The van der Waals surface area contributed by atoms with Crippen molar-refractivity contribution in [1.82, 2.24) is 0 Å². The van der Waals surface area contributed by atoms with E-state index >= 15 is 0 Å². The van der Waals surface area contributed by atoms with Gasteiger partial charge in [0.2, 0.25) is 0 Å². The molecule has 0 amide bonds. The molecule has 1 N–H and O–H groups in total. The Morgan fingerprint density at radius 1 is 1.17 bits per heavy atom. The first-order valence-corrected chi connectivity index (χ1v) is 3.51. The van der Waals surface area contributed by atoms with E-state index in [1.165, 1.54) is 5.56 Å². The van der Waals surface area contributed by atoms with Crippen LogP contribution in [-0.4, -0.2) is 6.21 Å². The fourth-order valence-corrected chi connectivity index (χ4v) is 1.04. The van der Waals surface area contributed by atoms with Crippen LogP contribution in [0.5, 0.6) is 0 Å². The Kier molecular flexibility index (Phi) is 3.28. The molecule has 0 saturated heterocycles. The van der Waals surface area contributed by atoms with Gasteiger partial charge in [-0.1, -0.05) is 24.3 Å². The summed E-state index contributed by atoms with van der Waals surface area (Å²) in [5.41, 5.74) is 5.16. The molecular formula is C9H9IN2. The number of hydrogen-bond donors (Lipinski definition) is 1. The molecule has 0 fully saturated rings. The second kappa shape index (κ2) is 4.25. The van der Waals surface area contributed by atoms with Crippen LogP contribution in [0.15, 0.2) is 35.4 Å². The summed E-state index contributed by atoms with van der Waals surface area (Å²) in [6.07, 6.45) is 5.68. The Bertz CT molecular complexity index is 318. The number of hydrogen-bond acceptors (Lipinski definition) is 2. The summed E-state index contributed by atoms with van der Waals surface area (Å²) in [6, 6.07) is 8.05. The molecule has 1 aromatic carbocycles. The lowest BCUT2D eigenvalue weighted by Gasteiger charge is -2.00. The van der Waals surface area contributed by atoms with Gasteiger partial charge in [0.1, 0.15) is 0 Å². The lowest BCUT2D eigenvalue weighted by atomic mass is 10.2. The summed E-state index contributed by atoms with van der Waals surface area (Å²) in [4.78, 5) is 0. The molecule has 2 rings (SSSR count). The lowest BCUT2D eigenvalue weighted by Crippen LogP contribution is -1.87. The van der Waals surface area contributed by atoms with Crippen LogP contribution in [0.4, 0.5) is 5.69 Å². The molecule has 62 valence electrons. The van der Waals surface area contributed by atoms with Crippen molar-refractivity contribution in [3.63, 3.8) is 0 Å². The Morgan fingerprint density at radius 2 is 2.00 bits per heavy atom. The summed E-state index contributed by atoms with van der Waals surface area (Å²) in [5, 5.41) is 3.95. The molecule has 0 aliphatic carbocycles. The van der Waals surface area contributed by atoms with Crippen LogP contribution >= 0.6 is 24.0 Å². The number of benzene rings is 1. The molecule has 0 radical (unpaired) electrons. The first-order valence-electron chi connectivity index (χ1n) is 3.51. The highest BCUT2D eigenvalue weighted by molar-refractivity contribution is 14.0. The first-order chi connectivity index (χ1) is 5.47. The van der Waals surface area contributed by atoms with Crippen LogP contribution in [0.3, 0.4) is 0 Å². The van der Waals surface area contributed by atoms with Crippen LogP contribution in [0.1, 0.15) is 5.56 Å². The second-order valence-corrected chi connectivity index (χ2v) is 2.34. The maximum absolute atomic E-state index is 3.95. The molecule has 0 saturated carbocycles. The van der Waals surface area contributed by atoms with Crippen molar-refractivity contribution in [3.05, 3.63) is 35.9 Å². The molecule has 0 bridgehead atoms.